The number of ether oxygens (including phenoxy) is 1. The minimum Gasteiger partial charge on any atom is -0.460 e. The zero-order chi connectivity index (χ0) is 13.0. The molecule has 0 unspecified atom stereocenters. The van der Waals surface area contributed by atoms with E-state index in [0.29, 0.717) is 6.04 Å². The highest BCUT2D eigenvalue weighted by Crippen LogP contribution is 2.26. The number of hydrogen-bond donors (Lipinski definition) is 0. The second-order valence-electron chi connectivity index (χ2n) is 4.79. The van der Waals surface area contributed by atoms with Crippen LogP contribution in [0.1, 0.15) is 33.6 Å². The lowest BCUT2D eigenvalue weighted by molar-refractivity contribution is 0.226. The number of para-hydroxylation sites is 1. The van der Waals surface area contributed by atoms with Crippen LogP contribution in [0.15, 0.2) is 35.3 Å². The molecular formula is C15H22N2O. The molecule has 18 heavy (non-hydrogen) atoms. The SMILES string of the molecule is CCCCN=C1O[C@@H](C)[C@@H](C)N1c1ccccc1. The van der Waals surface area contributed by atoms with Gasteiger partial charge in [0.05, 0.1) is 6.04 Å². The van der Waals surface area contributed by atoms with Crippen molar-refractivity contribution >= 4 is 11.7 Å². The molecule has 0 spiro atoms. The van der Waals surface area contributed by atoms with Crippen LogP contribution < -0.4 is 4.90 Å². The Balaban J connectivity index is 2.21. The van der Waals surface area contributed by atoms with Crippen molar-refractivity contribution in [1.29, 1.82) is 0 Å². The molecule has 2 rings (SSSR count). The predicted octanol–water partition coefficient (Wildman–Crippen LogP) is 3.46. The van der Waals surface area contributed by atoms with E-state index < -0.39 is 0 Å². The van der Waals surface area contributed by atoms with Gasteiger partial charge in [0.1, 0.15) is 6.10 Å². The Hall–Kier alpha value is -1.51. The summed E-state index contributed by atoms with van der Waals surface area (Å²) in [5.41, 5.74) is 1.16. The maximum Gasteiger partial charge on any atom is 0.292 e. The van der Waals surface area contributed by atoms with Gasteiger partial charge in [0.25, 0.3) is 6.02 Å². The van der Waals surface area contributed by atoms with Crippen molar-refractivity contribution in [2.24, 2.45) is 4.99 Å². The zero-order valence-corrected chi connectivity index (χ0v) is 11.5. The van der Waals surface area contributed by atoms with Gasteiger partial charge in [0, 0.05) is 12.2 Å². The number of rotatable bonds is 4. The maximum absolute atomic E-state index is 5.86. The largest absolute Gasteiger partial charge is 0.460 e. The topological polar surface area (TPSA) is 24.8 Å². The van der Waals surface area contributed by atoms with Crippen LogP contribution in [0.2, 0.25) is 0 Å². The van der Waals surface area contributed by atoms with E-state index in [2.05, 4.69) is 54.9 Å². The molecule has 1 heterocycles. The lowest BCUT2D eigenvalue weighted by Crippen LogP contribution is -2.33. The third kappa shape index (κ3) is 2.66. The second kappa shape index (κ2) is 5.89. The van der Waals surface area contributed by atoms with Crippen LogP contribution in [0, 0.1) is 0 Å². The maximum atomic E-state index is 5.86. The molecule has 1 aliphatic rings. The van der Waals surface area contributed by atoms with E-state index in [-0.39, 0.29) is 6.10 Å². The van der Waals surface area contributed by atoms with E-state index in [0.717, 1.165) is 31.1 Å². The minimum absolute atomic E-state index is 0.186. The van der Waals surface area contributed by atoms with Gasteiger partial charge in [-0.3, -0.25) is 4.90 Å². The Morgan fingerprint density at radius 1 is 1.22 bits per heavy atom. The smallest absolute Gasteiger partial charge is 0.292 e. The highest BCUT2D eigenvalue weighted by atomic mass is 16.5. The number of unbranched alkanes of at least 4 members (excludes halogenated alkanes) is 1. The van der Waals surface area contributed by atoms with Crippen molar-refractivity contribution < 1.29 is 4.74 Å². The van der Waals surface area contributed by atoms with Gasteiger partial charge in [-0.1, -0.05) is 31.5 Å². The van der Waals surface area contributed by atoms with Crippen molar-refractivity contribution in [3.63, 3.8) is 0 Å². The van der Waals surface area contributed by atoms with Crippen molar-refractivity contribution in [1.82, 2.24) is 0 Å². The first-order valence-corrected chi connectivity index (χ1v) is 6.79. The molecule has 0 aliphatic carbocycles. The average molecular weight is 246 g/mol. The monoisotopic (exact) mass is 246 g/mol. The number of hydrogen-bond acceptors (Lipinski definition) is 2. The van der Waals surface area contributed by atoms with Crippen molar-refractivity contribution in [2.75, 3.05) is 11.4 Å². The van der Waals surface area contributed by atoms with E-state index >= 15 is 0 Å². The normalized spacial score (nSPS) is 25.5. The molecule has 1 aliphatic heterocycles. The van der Waals surface area contributed by atoms with Crippen LogP contribution in [0.3, 0.4) is 0 Å². The summed E-state index contributed by atoms with van der Waals surface area (Å²) in [6.45, 7) is 7.30. The average Bonchev–Trinajstić information content (AvgIpc) is 2.67. The Labute approximate surface area is 109 Å². The summed E-state index contributed by atoms with van der Waals surface area (Å²) < 4.78 is 5.86. The summed E-state index contributed by atoms with van der Waals surface area (Å²) in [7, 11) is 0. The van der Waals surface area contributed by atoms with Gasteiger partial charge in [-0.05, 0) is 32.4 Å². The van der Waals surface area contributed by atoms with Crippen LogP contribution in [0.25, 0.3) is 0 Å². The highest BCUT2D eigenvalue weighted by molar-refractivity contribution is 5.94. The van der Waals surface area contributed by atoms with E-state index in [9.17, 15) is 0 Å². The quantitative estimate of drug-likeness (QED) is 0.760. The van der Waals surface area contributed by atoms with Crippen molar-refractivity contribution in [2.45, 2.75) is 45.8 Å². The number of benzene rings is 1. The Kier molecular flexibility index (Phi) is 4.24. The summed E-state index contributed by atoms with van der Waals surface area (Å²) in [6, 6.07) is 11.4. The van der Waals surface area contributed by atoms with Gasteiger partial charge in [-0.25, -0.2) is 4.99 Å². The molecular weight excluding hydrogens is 224 g/mol. The zero-order valence-electron chi connectivity index (χ0n) is 11.5. The lowest BCUT2D eigenvalue weighted by Gasteiger charge is -2.21. The molecule has 3 nitrogen and oxygen atoms in total. The Morgan fingerprint density at radius 2 is 1.94 bits per heavy atom. The Morgan fingerprint density at radius 3 is 2.61 bits per heavy atom. The second-order valence-corrected chi connectivity index (χ2v) is 4.79. The van der Waals surface area contributed by atoms with Gasteiger partial charge in [0.15, 0.2) is 0 Å². The van der Waals surface area contributed by atoms with Crippen LogP contribution in [0.4, 0.5) is 5.69 Å². The first kappa shape index (κ1) is 12.9. The lowest BCUT2D eigenvalue weighted by atomic mass is 10.2. The van der Waals surface area contributed by atoms with Gasteiger partial charge in [-0.15, -0.1) is 0 Å². The van der Waals surface area contributed by atoms with Crippen LogP contribution >= 0.6 is 0 Å². The molecule has 2 atom stereocenters. The summed E-state index contributed by atoms with van der Waals surface area (Å²) in [4.78, 5) is 6.79. The molecule has 1 fully saturated rings. The van der Waals surface area contributed by atoms with Gasteiger partial charge in [0.2, 0.25) is 0 Å². The van der Waals surface area contributed by atoms with Gasteiger partial charge < -0.3 is 4.74 Å². The standard InChI is InChI=1S/C15H22N2O/c1-4-5-11-16-15-17(12(2)13(3)18-15)14-9-7-6-8-10-14/h6-10,12-13H,4-5,11H2,1-3H3/t12-,13+/m1/s1. The molecule has 1 aromatic rings. The van der Waals surface area contributed by atoms with Crippen LogP contribution in [-0.2, 0) is 4.74 Å². The Bertz CT molecular complexity index is 402. The fourth-order valence-electron chi connectivity index (χ4n) is 2.09. The van der Waals surface area contributed by atoms with Crippen LogP contribution in [0.5, 0.6) is 0 Å². The fourth-order valence-corrected chi connectivity index (χ4v) is 2.09. The molecule has 0 N–H and O–H groups in total. The molecule has 0 amide bonds. The van der Waals surface area contributed by atoms with Crippen LogP contribution in [-0.4, -0.2) is 24.7 Å². The molecule has 1 aromatic carbocycles. The third-order valence-corrected chi connectivity index (χ3v) is 3.38. The molecule has 1 saturated heterocycles. The summed E-state index contributed by atoms with van der Waals surface area (Å²) in [5.74, 6) is 0. The van der Waals surface area contributed by atoms with Gasteiger partial charge in [-0.2, -0.15) is 0 Å². The summed E-state index contributed by atoms with van der Waals surface area (Å²) in [5, 5.41) is 0. The number of nitrogens with zero attached hydrogens (tertiary/aromatic N) is 2. The molecule has 98 valence electrons. The fraction of sp³-hybridized carbons (Fsp3) is 0.533. The molecule has 0 saturated carbocycles. The molecule has 0 bridgehead atoms. The number of amidine groups is 1. The van der Waals surface area contributed by atoms with E-state index in [1.807, 2.05) is 6.07 Å². The minimum atomic E-state index is 0.186. The van der Waals surface area contributed by atoms with Crippen molar-refractivity contribution in [3.05, 3.63) is 30.3 Å². The first-order chi connectivity index (χ1) is 8.74. The summed E-state index contributed by atoms with van der Waals surface area (Å²) >= 11 is 0. The number of anilines is 1. The third-order valence-electron chi connectivity index (χ3n) is 3.38. The van der Waals surface area contributed by atoms with E-state index in [1.165, 1.54) is 0 Å². The number of aliphatic imine (C=N–C) groups is 1. The summed E-state index contributed by atoms with van der Waals surface area (Å²) in [6.07, 6.45) is 2.46. The first-order valence-electron chi connectivity index (χ1n) is 6.79. The van der Waals surface area contributed by atoms with Gasteiger partial charge >= 0.3 is 0 Å². The van der Waals surface area contributed by atoms with E-state index in [1.54, 1.807) is 0 Å². The highest BCUT2D eigenvalue weighted by Gasteiger charge is 2.34. The predicted molar refractivity (Wildman–Crippen MR) is 76.1 cm³/mol. The molecule has 3 heteroatoms. The van der Waals surface area contributed by atoms with Crippen molar-refractivity contribution in [3.8, 4) is 0 Å². The van der Waals surface area contributed by atoms with E-state index in [4.69, 9.17) is 4.74 Å². The molecule has 0 radical (unpaired) electrons. The molecule has 0 aromatic heterocycles.